The van der Waals surface area contributed by atoms with Gasteiger partial charge in [-0.05, 0) is 30.3 Å². The van der Waals surface area contributed by atoms with Gasteiger partial charge in [-0.1, -0.05) is 23.7 Å². The number of benzene rings is 2. The zero-order valence-electron chi connectivity index (χ0n) is 12.0. The van der Waals surface area contributed by atoms with Crippen LogP contribution in [0.2, 0.25) is 5.02 Å². The van der Waals surface area contributed by atoms with Gasteiger partial charge in [0.2, 0.25) is 0 Å². The minimum atomic E-state index is 0.152. The molecule has 0 bridgehead atoms. The lowest BCUT2D eigenvalue weighted by Crippen LogP contribution is -2.01. The first-order valence-electron chi connectivity index (χ1n) is 6.82. The van der Waals surface area contributed by atoms with E-state index in [4.69, 9.17) is 16.3 Å². The normalized spacial score (nSPS) is 10.6. The van der Waals surface area contributed by atoms with Crippen LogP contribution in [0.5, 0.6) is 11.5 Å². The smallest absolute Gasteiger partial charge is 0.162 e. The minimum absolute atomic E-state index is 0.152. The zero-order valence-corrected chi connectivity index (χ0v) is 12.8. The summed E-state index contributed by atoms with van der Waals surface area (Å²) in [6.45, 7) is 0.477. The van der Waals surface area contributed by atoms with Crippen molar-refractivity contribution < 1.29 is 9.84 Å². The highest BCUT2D eigenvalue weighted by Crippen LogP contribution is 2.31. The molecular formula is C17H15ClN2O2. The molecule has 1 aromatic heterocycles. The standard InChI is InChI=1S/C17H15ClN2O2/c1-22-16-4-2-3-11(17(16)21)10-20-14-7-8-19-15-9-12(18)5-6-13(14)15/h2-9,21H,10H2,1H3,(H,19,20). The fraction of sp³-hybridized carbons (Fsp3) is 0.118. The molecule has 0 aliphatic rings. The summed E-state index contributed by atoms with van der Waals surface area (Å²) in [5, 5.41) is 15.1. The third-order valence-electron chi connectivity index (χ3n) is 3.48. The van der Waals surface area contributed by atoms with E-state index >= 15 is 0 Å². The number of phenols is 1. The molecule has 5 heteroatoms. The van der Waals surface area contributed by atoms with Crippen molar-refractivity contribution in [3.63, 3.8) is 0 Å². The number of fused-ring (bicyclic) bond motifs is 1. The van der Waals surface area contributed by atoms with E-state index in [9.17, 15) is 5.11 Å². The quantitative estimate of drug-likeness (QED) is 0.757. The van der Waals surface area contributed by atoms with Crippen molar-refractivity contribution in [3.05, 3.63) is 59.2 Å². The molecule has 0 radical (unpaired) electrons. The number of aromatic hydroxyl groups is 1. The van der Waals surface area contributed by atoms with Crippen LogP contribution in [0, 0.1) is 0 Å². The van der Waals surface area contributed by atoms with Crippen molar-refractivity contribution >= 4 is 28.2 Å². The Hall–Kier alpha value is -2.46. The van der Waals surface area contributed by atoms with Crippen molar-refractivity contribution in [2.24, 2.45) is 0 Å². The van der Waals surface area contributed by atoms with Crippen molar-refractivity contribution in [2.75, 3.05) is 12.4 Å². The molecule has 0 unspecified atom stereocenters. The molecule has 0 spiro atoms. The molecule has 2 aromatic carbocycles. The predicted octanol–water partition coefficient (Wildman–Crippen LogP) is 4.21. The Bertz CT molecular complexity index is 821. The van der Waals surface area contributed by atoms with E-state index in [0.717, 1.165) is 22.2 Å². The Labute approximate surface area is 133 Å². The number of para-hydroxylation sites is 1. The van der Waals surface area contributed by atoms with Crippen LogP contribution in [0.15, 0.2) is 48.7 Å². The molecule has 3 aromatic rings. The van der Waals surface area contributed by atoms with E-state index in [-0.39, 0.29) is 5.75 Å². The third kappa shape index (κ3) is 2.78. The topological polar surface area (TPSA) is 54.4 Å². The summed E-state index contributed by atoms with van der Waals surface area (Å²) >= 11 is 5.99. The maximum atomic E-state index is 10.1. The molecule has 1 heterocycles. The lowest BCUT2D eigenvalue weighted by atomic mass is 10.1. The maximum Gasteiger partial charge on any atom is 0.162 e. The molecule has 3 rings (SSSR count). The number of anilines is 1. The molecular weight excluding hydrogens is 300 g/mol. The van der Waals surface area contributed by atoms with Crippen LogP contribution in [-0.4, -0.2) is 17.2 Å². The number of pyridine rings is 1. The fourth-order valence-electron chi connectivity index (χ4n) is 2.34. The second kappa shape index (κ2) is 6.12. The van der Waals surface area contributed by atoms with Crippen molar-refractivity contribution in [2.45, 2.75) is 6.54 Å². The summed E-state index contributed by atoms with van der Waals surface area (Å²) in [5.41, 5.74) is 2.52. The van der Waals surface area contributed by atoms with Crippen LogP contribution in [-0.2, 0) is 6.54 Å². The number of methoxy groups -OCH3 is 1. The van der Waals surface area contributed by atoms with Gasteiger partial charge in [0.1, 0.15) is 0 Å². The maximum absolute atomic E-state index is 10.1. The predicted molar refractivity (Wildman–Crippen MR) is 88.7 cm³/mol. The van der Waals surface area contributed by atoms with Crippen molar-refractivity contribution in [1.82, 2.24) is 4.98 Å². The summed E-state index contributed by atoms with van der Waals surface area (Å²) in [5.74, 6) is 0.615. The van der Waals surface area contributed by atoms with Crippen LogP contribution in [0.1, 0.15) is 5.56 Å². The van der Waals surface area contributed by atoms with Gasteiger partial charge in [-0.25, -0.2) is 0 Å². The number of nitrogens with one attached hydrogen (secondary N) is 1. The van der Waals surface area contributed by atoms with Gasteiger partial charge in [0.15, 0.2) is 11.5 Å². The SMILES string of the molecule is COc1cccc(CNc2ccnc3cc(Cl)ccc23)c1O. The molecule has 0 saturated heterocycles. The number of hydrogen-bond acceptors (Lipinski definition) is 4. The summed E-state index contributed by atoms with van der Waals surface area (Å²) in [4.78, 5) is 4.31. The van der Waals surface area contributed by atoms with Gasteiger partial charge in [0.25, 0.3) is 0 Å². The molecule has 112 valence electrons. The van der Waals surface area contributed by atoms with Gasteiger partial charge >= 0.3 is 0 Å². The molecule has 4 nitrogen and oxygen atoms in total. The van der Waals surface area contributed by atoms with Gasteiger partial charge in [0.05, 0.1) is 12.6 Å². The van der Waals surface area contributed by atoms with Crippen LogP contribution in [0.25, 0.3) is 10.9 Å². The number of ether oxygens (including phenoxy) is 1. The Kier molecular flexibility index (Phi) is 4.02. The first-order chi connectivity index (χ1) is 10.7. The summed E-state index contributed by atoms with van der Waals surface area (Å²) in [6.07, 6.45) is 1.73. The van der Waals surface area contributed by atoms with E-state index in [2.05, 4.69) is 10.3 Å². The first kappa shape index (κ1) is 14.5. The number of aromatic nitrogens is 1. The second-order valence-corrected chi connectivity index (χ2v) is 5.28. The van der Waals surface area contributed by atoms with E-state index in [1.54, 1.807) is 12.3 Å². The number of halogens is 1. The lowest BCUT2D eigenvalue weighted by molar-refractivity contribution is 0.371. The first-order valence-corrected chi connectivity index (χ1v) is 7.20. The van der Waals surface area contributed by atoms with Crippen molar-refractivity contribution in [3.8, 4) is 11.5 Å². The molecule has 0 fully saturated rings. The second-order valence-electron chi connectivity index (χ2n) is 4.84. The largest absolute Gasteiger partial charge is 0.504 e. The number of nitrogens with zero attached hydrogens (tertiary/aromatic N) is 1. The number of hydrogen-bond donors (Lipinski definition) is 2. The molecule has 0 atom stereocenters. The van der Waals surface area contributed by atoms with Crippen LogP contribution in [0.4, 0.5) is 5.69 Å². The van der Waals surface area contributed by atoms with Crippen LogP contribution >= 0.6 is 11.6 Å². The molecule has 22 heavy (non-hydrogen) atoms. The van der Waals surface area contributed by atoms with Gasteiger partial charge in [0, 0.05) is 34.4 Å². The lowest BCUT2D eigenvalue weighted by Gasteiger charge is -2.12. The third-order valence-corrected chi connectivity index (χ3v) is 3.71. The van der Waals surface area contributed by atoms with Crippen LogP contribution in [0.3, 0.4) is 0 Å². The van der Waals surface area contributed by atoms with Crippen LogP contribution < -0.4 is 10.1 Å². The molecule has 0 saturated carbocycles. The minimum Gasteiger partial charge on any atom is -0.504 e. The Morgan fingerprint density at radius 2 is 2.09 bits per heavy atom. The van der Waals surface area contributed by atoms with E-state index in [1.165, 1.54) is 7.11 Å². The fourth-order valence-corrected chi connectivity index (χ4v) is 2.51. The number of rotatable bonds is 4. The average molecular weight is 315 g/mol. The van der Waals surface area contributed by atoms with E-state index in [0.29, 0.717) is 17.3 Å². The summed E-state index contributed by atoms with van der Waals surface area (Å²) in [7, 11) is 1.53. The molecule has 0 amide bonds. The highest BCUT2D eigenvalue weighted by atomic mass is 35.5. The van der Waals surface area contributed by atoms with Gasteiger partial charge < -0.3 is 15.2 Å². The Balaban J connectivity index is 1.88. The Morgan fingerprint density at radius 1 is 1.23 bits per heavy atom. The highest BCUT2D eigenvalue weighted by molar-refractivity contribution is 6.31. The molecule has 2 N–H and O–H groups in total. The van der Waals surface area contributed by atoms with E-state index < -0.39 is 0 Å². The van der Waals surface area contributed by atoms with Gasteiger partial charge in [-0.2, -0.15) is 0 Å². The zero-order chi connectivity index (χ0) is 15.5. The highest BCUT2D eigenvalue weighted by Gasteiger charge is 2.08. The van der Waals surface area contributed by atoms with E-state index in [1.807, 2.05) is 36.4 Å². The average Bonchev–Trinajstić information content (AvgIpc) is 2.53. The van der Waals surface area contributed by atoms with Gasteiger partial charge in [-0.3, -0.25) is 4.98 Å². The summed E-state index contributed by atoms with van der Waals surface area (Å²) < 4.78 is 5.12. The monoisotopic (exact) mass is 314 g/mol. The van der Waals surface area contributed by atoms with Crippen molar-refractivity contribution in [1.29, 1.82) is 0 Å². The molecule has 0 aliphatic carbocycles. The number of phenolic OH excluding ortho intramolecular Hbond substituents is 1. The molecule has 0 aliphatic heterocycles. The van der Waals surface area contributed by atoms with Gasteiger partial charge in [-0.15, -0.1) is 0 Å². The summed E-state index contributed by atoms with van der Waals surface area (Å²) in [6, 6.07) is 12.9. The Morgan fingerprint density at radius 3 is 2.91 bits per heavy atom.